The molecule has 0 saturated carbocycles. The van der Waals surface area contributed by atoms with Crippen LogP contribution in [-0.2, 0) is 10.3 Å². The fourth-order valence-corrected chi connectivity index (χ4v) is 1.45. The minimum atomic E-state index is -3.93. The van der Waals surface area contributed by atoms with Gasteiger partial charge in [-0.1, -0.05) is 18.2 Å². The van der Waals surface area contributed by atoms with Crippen molar-refractivity contribution >= 4 is 15.9 Å². The smallest absolute Gasteiger partial charge is 0.371 e. The maximum atomic E-state index is 10.6. The highest BCUT2D eigenvalue weighted by molar-refractivity contribution is 7.84. The Hall–Kier alpha value is -1.33. The van der Waals surface area contributed by atoms with Crippen LogP contribution in [0.2, 0.25) is 0 Å². The van der Waals surface area contributed by atoms with E-state index in [1.54, 1.807) is 24.3 Å². The molecule has 1 aromatic carbocycles. The number of hydrogen-bond donors (Lipinski definition) is 1. The van der Waals surface area contributed by atoms with Crippen molar-refractivity contribution in [3.8, 4) is 5.75 Å². The van der Waals surface area contributed by atoms with Crippen molar-refractivity contribution in [2.24, 2.45) is 5.14 Å². The van der Waals surface area contributed by atoms with E-state index >= 15 is 0 Å². The first-order valence-electron chi connectivity index (χ1n) is 4.38. The summed E-state index contributed by atoms with van der Waals surface area (Å²) in [7, 11) is -3.93. The Balaban J connectivity index is 2.91. The average Bonchev–Trinajstić information content (AvgIpc) is 2.15. The highest BCUT2D eigenvalue weighted by Crippen LogP contribution is 2.18. The molecule has 0 radical (unpaired) electrons. The molecule has 0 fully saturated rings. The largest absolute Gasteiger partial charge is 0.380 e. The van der Waals surface area contributed by atoms with Gasteiger partial charge in [-0.15, -0.1) is 0 Å². The number of nitrogens with two attached hydrogens (primary N) is 1. The summed E-state index contributed by atoms with van der Waals surface area (Å²) in [6.45, 7) is 3.90. The minimum Gasteiger partial charge on any atom is -0.371 e. The van der Waals surface area contributed by atoms with Crippen molar-refractivity contribution in [3.63, 3.8) is 0 Å². The molecule has 82 valence electrons. The first kappa shape index (κ1) is 11.7. The summed E-state index contributed by atoms with van der Waals surface area (Å²) >= 11 is 0. The fraction of sp³-hybridized carbons (Fsp3) is 0.200. The van der Waals surface area contributed by atoms with Gasteiger partial charge in [-0.3, -0.25) is 0 Å². The van der Waals surface area contributed by atoms with Gasteiger partial charge in [0, 0.05) is 0 Å². The monoisotopic (exact) mass is 227 g/mol. The standard InChI is InChI=1S/C10H13NO3S/c1-3-8(2)9-4-6-10(7-5-9)14-15(11,12)13/h3-7H,1-2H3,(H2,11,12,13). The lowest BCUT2D eigenvalue weighted by molar-refractivity contribution is 0.488. The van der Waals surface area contributed by atoms with Crippen LogP contribution in [-0.4, -0.2) is 8.42 Å². The Morgan fingerprint density at radius 1 is 1.33 bits per heavy atom. The van der Waals surface area contributed by atoms with Crippen molar-refractivity contribution in [1.82, 2.24) is 0 Å². The molecule has 15 heavy (non-hydrogen) atoms. The van der Waals surface area contributed by atoms with Crippen LogP contribution in [0, 0.1) is 0 Å². The molecule has 4 nitrogen and oxygen atoms in total. The SMILES string of the molecule is CC=C(C)c1ccc(OS(N)(=O)=O)cc1. The van der Waals surface area contributed by atoms with E-state index in [2.05, 4.69) is 4.18 Å². The maximum absolute atomic E-state index is 10.6. The predicted molar refractivity (Wildman–Crippen MR) is 59.5 cm³/mol. The molecule has 0 unspecified atom stereocenters. The van der Waals surface area contributed by atoms with Gasteiger partial charge in [-0.05, 0) is 37.1 Å². The third kappa shape index (κ3) is 3.73. The molecule has 5 heteroatoms. The van der Waals surface area contributed by atoms with Crippen LogP contribution in [0.4, 0.5) is 0 Å². The third-order valence-electron chi connectivity index (χ3n) is 1.96. The fourth-order valence-electron chi connectivity index (χ4n) is 1.07. The Kier molecular flexibility index (Phi) is 3.49. The molecular weight excluding hydrogens is 214 g/mol. The highest BCUT2D eigenvalue weighted by Gasteiger charge is 2.04. The Labute approximate surface area is 89.6 Å². The molecule has 0 spiro atoms. The quantitative estimate of drug-likeness (QED) is 0.854. The predicted octanol–water partition coefficient (Wildman–Crippen LogP) is 1.69. The summed E-state index contributed by atoms with van der Waals surface area (Å²) < 4.78 is 25.7. The van der Waals surface area contributed by atoms with E-state index in [1.165, 1.54) is 0 Å². The number of allylic oxidation sites excluding steroid dienone is 2. The van der Waals surface area contributed by atoms with E-state index in [9.17, 15) is 8.42 Å². The van der Waals surface area contributed by atoms with Crippen LogP contribution in [0.3, 0.4) is 0 Å². The van der Waals surface area contributed by atoms with Gasteiger partial charge in [-0.25, -0.2) is 0 Å². The highest BCUT2D eigenvalue weighted by atomic mass is 32.2. The Morgan fingerprint density at radius 2 is 1.87 bits per heavy atom. The van der Waals surface area contributed by atoms with Gasteiger partial charge in [0.25, 0.3) is 0 Å². The zero-order chi connectivity index (χ0) is 11.5. The van der Waals surface area contributed by atoms with Crippen LogP contribution < -0.4 is 9.32 Å². The van der Waals surface area contributed by atoms with Crippen molar-refractivity contribution in [2.75, 3.05) is 0 Å². The summed E-state index contributed by atoms with van der Waals surface area (Å²) in [5, 5.41) is 4.73. The van der Waals surface area contributed by atoms with Crippen molar-refractivity contribution in [3.05, 3.63) is 35.9 Å². The van der Waals surface area contributed by atoms with Crippen LogP contribution in [0.5, 0.6) is 5.75 Å². The van der Waals surface area contributed by atoms with Crippen LogP contribution in [0.15, 0.2) is 30.3 Å². The number of hydrogen-bond acceptors (Lipinski definition) is 3. The van der Waals surface area contributed by atoms with Gasteiger partial charge in [0.05, 0.1) is 0 Å². The average molecular weight is 227 g/mol. The van der Waals surface area contributed by atoms with Gasteiger partial charge in [-0.2, -0.15) is 13.6 Å². The van der Waals surface area contributed by atoms with Gasteiger partial charge < -0.3 is 4.18 Å². The van der Waals surface area contributed by atoms with E-state index in [1.807, 2.05) is 19.9 Å². The van der Waals surface area contributed by atoms with Crippen molar-refractivity contribution < 1.29 is 12.6 Å². The van der Waals surface area contributed by atoms with Gasteiger partial charge in [0.1, 0.15) is 5.75 Å². The second-order valence-electron chi connectivity index (χ2n) is 3.07. The van der Waals surface area contributed by atoms with Gasteiger partial charge in [0.2, 0.25) is 0 Å². The molecule has 0 amide bonds. The lowest BCUT2D eigenvalue weighted by atomic mass is 10.1. The zero-order valence-electron chi connectivity index (χ0n) is 8.60. The molecular formula is C10H13NO3S. The molecule has 0 heterocycles. The normalized spacial score (nSPS) is 12.6. The zero-order valence-corrected chi connectivity index (χ0v) is 9.41. The minimum absolute atomic E-state index is 0.213. The van der Waals surface area contributed by atoms with Crippen LogP contribution >= 0.6 is 0 Å². The second-order valence-corrected chi connectivity index (χ2v) is 4.22. The summed E-state index contributed by atoms with van der Waals surface area (Å²) in [4.78, 5) is 0. The van der Waals surface area contributed by atoms with E-state index in [0.29, 0.717) is 0 Å². The molecule has 0 aromatic heterocycles. The van der Waals surface area contributed by atoms with Gasteiger partial charge in [0.15, 0.2) is 0 Å². The van der Waals surface area contributed by atoms with Gasteiger partial charge >= 0.3 is 10.3 Å². The molecule has 1 aromatic rings. The number of rotatable bonds is 3. The lowest BCUT2D eigenvalue weighted by Gasteiger charge is -2.04. The molecule has 0 atom stereocenters. The summed E-state index contributed by atoms with van der Waals surface area (Å²) in [6.07, 6.45) is 1.97. The third-order valence-corrected chi connectivity index (χ3v) is 2.38. The molecule has 1 rings (SSSR count). The molecule has 2 N–H and O–H groups in total. The van der Waals surface area contributed by atoms with E-state index in [4.69, 9.17) is 5.14 Å². The maximum Gasteiger partial charge on any atom is 0.380 e. The van der Waals surface area contributed by atoms with E-state index in [-0.39, 0.29) is 5.75 Å². The molecule has 0 bridgehead atoms. The van der Waals surface area contributed by atoms with Crippen LogP contribution in [0.25, 0.3) is 5.57 Å². The molecule has 0 saturated heterocycles. The van der Waals surface area contributed by atoms with E-state index < -0.39 is 10.3 Å². The first-order valence-corrected chi connectivity index (χ1v) is 5.85. The van der Waals surface area contributed by atoms with Crippen molar-refractivity contribution in [2.45, 2.75) is 13.8 Å². The van der Waals surface area contributed by atoms with E-state index in [0.717, 1.165) is 11.1 Å². The molecule has 0 aliphatic carbocycles. The number of benzene rings is 1. The summed E-state index contributed by atoms with van der Waals surface area (Å²) in [5.74, 6) is 0.213. The molecule has 0 aliphatic heterocycles. The first-order chi connectivity index (χ1) is 6.92. The topological polar surface area (TPSA) is 69.4 Å². The summed E-state index contributed by atoms with van der Waals surface area (Å²) in [6, 6.07) is 6.67. The van der Waals surface area contributed by atoms with Crippen molar-refractivity contribution in [1.29, 1.82) is 0 Å². The summed E-state index contributed by atoms with van der Waals surface area (Å²) in [5.41, 5.74) is 2.12. The lowest BCUT2D eigenvalue weighted by Crippen LogP contribution is -2.18. The Morgan fingerprint density at radius 3 is 2.27 bits per heavy atom. The Bertz CT molecular complexity index is 460. The second kappa shape index (κ2) is 4.46. The molecule has 0 aliphatic rings. The van der Waals surface area contributed by atoms with Crippen LogP contribution in [0.1, 0.15) is 19.4 Å².